The number of carboxylic acid groups (broad SMARTS) is 1. The van der Waals surface area contributed by atoms with Crippen molar-refractivity contribution < 1.29 is 19.4 Å². The van der Waals surface area contributed by atoms with E-state index >= 15 is 0 Å². The first-order chi connectivity index (χ1) is 12.9. The summed E-state index contributed by atoms with van der Waals surface area (Å²) in [5.41, 5.74) is 2.00. The number of unbranched alkanes of at least 4 members (excludes halogenated alkanes) is 3. The van der Waals surface area contributed by atoms with Crippen molar-refractivity contribution in [3.8, 4) is 0 Å². The zero-order chi connectivity index (χ0) is 19.8. The normalized spacial score (nSPS) is 15.3. The van der Waals surface area contributed by atoms with E-state index in [1.165, 1.54) is 11.1 Å². The molecule has 0 amide bonds. The maximum Gasteiger partial charge on any atom is 0.309 e. The average molecular weight is 375 g/mol. The van der Waals surface area contributed by atoms with E-state index in [1.54, 1.807) is 13.8 Å². The summed E-state index contributed by atoms with van der Waals surface area (Å²) in [6, 6.07) is 8.81. The van der Waals surface area contributed by atoms with E-state index in [0.29, 0.717) is 6.47 Å². The Morgan fingerprint density at radius 2 is 1.74 bits per heavy atom. The van der Waals surface area contributed by atoms with Crippen LogP contribution < -0.4 is 0 Å². The van der Waals surface area contributed by atoms with Gasteiger partial charge in [-0.25, -0.2) is 0 Å². The second-order valence-electron chi connectivity index (χ2n) is 8.67. The minimum atomic E-state index is -0.708. The minimum Gasteiger partial charge on any atom is -0.481 e. The van der Waals surface area contributed by atoms with Gasteiger partial charge in [-0.1, -0.05) is 37.1 Å². The summed E-state index contributed by atoms with van der Waals surface area (Å²) in [5.74, 6) is -0.708. The molecule has 1 aromatic rings. The largest absolute Gasteiger partial charge is 0.481 e. The Bertz CT molecular complexity index is 617. The predicted octanol–water partition coefficient (Wildman–Crippen LogP) is 5.32. The number of carboxylic acids is 1. The molecule has 1 fully saturated rings. The van der Waals surface area contributed by atoms with Crippen LogP contribution in [0.4, 0.5) is 0 Å². The molecule has 4 nitrogen and oxygen atoms in total. The average Bonchev–Trinajstić information content (AvgIpc) is 3.39. The summed E-state index contributed by atoms with van der Waals surface area (Å²) in [7, 11) is 0. The zero-order valence-corrected chi connectivity index (χ0v) is 16.8. The van der Waals surface area contributed by atoms with Crippen molar-refractivity contribution in [1.29, 1.82) is 0 Å². The molecule has 0 spiro atoms. The van der Waals surface area contributed by atoms with Gasteiger partial charge in [0.1, 0.15) is 5.60 Å². The van der Waals surface area contributed by atoms with Crippen molar-refractivity contribution in [2.24, 2.45) is 5.41 Å². The molecule has 1 aromatic carbocycles. The van der Waals surface area contributed by atoms with E-state index in [-0.39, 0.29) is 5.60 Å². The Balaban J connectivity index is 1.63. The summed E-state index contributed by atoms with van der Waals surface area (Å²) in [5, 5.41) is 9.15. The van der Waals surface area contributed by atoms with E-state index in [2.05, 4.69) is 24.3 Å². The Hall–Kier alpha value is -1.84. The lowest BCUT2D eigenvalue weighted by molar-refractivity contribution is -0.147. The molecule has 1 saturated carbocycles. The number of ether oxygens (including phenoxy) is 1. The van der Waals surface area contributed by atoms with Gasteiger partial charge in [0.2, 0.25) is 0 Å². The third-order valence-electron chi connectivity index (χ3n) is 5.79. The maximum absolute atomic E-state index is 11.1. The Morgan fingerprint density at radius 1 is 1.11 bits per heavy atom. The molecule has 27 heavy (non-hydrogen) atoms. The van der Waals surface area contributed by atoms with Crippen molar-refractivity contribution in [3.05, 3.63) is 35.4 Å². The van der Waals surface area contributed by atoms with E-state index < -0.39 is 11.4 Å². The molecule has 1 aliphatic carbocycles. The van der Waals surface area contributed by atoms with Gasteiger partial charge in [0, 0.05) is 0 Å². The maximum atomic E-state index is 11.1. The van der Waals surface area contributed by atoms with E-state index in [0.717, 1.165) is 70.6 Å². The number of rotatable bonds is 14. The molecule has 0 atom stereocenters. The third-order valence-corrected chi connectivity index (χ3v) is 5.79. The predicted molar refractivity (Wildman–Crippen MR) is 107 cm³/mol. The van der Waals surface area contributed by atoms with Gasteiger partial charge in [-0.15, -0.1) is 0 Å². The number of benzene rings is 1. The van der Waals surface area contributed by atoms with Crippen molar-refractivity contribution in [2.75, 3.05) is 0 Å². The van der Waals surface area contributed by atoms with E-state index in [9.17, 15) is 9.59 Å². The van der Waals surface area contributed by atoms with Crippen LogP contribution in [0, 0.1) is 5.41 Å². The van der Waals surface area contributed by atoms with Crippen LogP contribution in [-0.2, 0) is 27.2 Å². The molecule has 0 heterocycles. The molecule has 150 valence electrons. The summed E-state index contributed by atoms with van der Waals surface area (Å²) < 4.78 is 5.20. The van der Waals surface area contributed by atoms with Gasteiger partial charge in [-0.3, -0.25) is 9.59 Å². The van der Waals surface area contributed by atoms with Crippen LogP contribution in [0.5, 0.6) is 0 Å². The molecule has 1 N–H and O–H groups in total. The van der Waals surface area contributed by atoms with Gasteiger partial charge < -0.3 is 9.84 Å². The molecule has 0 saturated heterocycles. The fourth-order valence-corrected chi connectivity index (χ4v) is 3.56. The molecule has 1 aliphatic rings. The van der Waals surface area contributed by atoms with Gasteiger partial charge in [0.05, 0.1) is 5.41 Å². The lowest BCUT2D eigenvalue weighted by atomic mass is 9.87. The molecule has 0 aromatic heterocycles. The van der Waals surface area contributed by atoms with Crippen LogP contribution >= 0.6 is 0 Å². The van der Waals surface area contributed by atoms with Gasteiger partial charge in [-0.05, 0) is 82.8 Å². The molecule has 0 aliphatic heterocycles. The van der Waals surface area contributed by atoms with Crippen LogP contribution in [0.2, 0.25) is 0 Å². The summed E-state index contributed by atoms with van der Waals surface area (Å²) >= 11 is 0. The monoisotopic (exact) mass is 374 g/mol. The first kappa shape index (κ1) is 21.5. The first-order valence-corrected chi connectivity index (χ1v) is 10.3. The lowest BCUT2D eigenvalue weighted by Crippen LogP contribution is -2.23. The molecule has 0 radical (unpaired) electrons. The van der Waals surface area contributed by atoms with Crippen LogP contribution in [0.1, 0.15) is 82.8 Å². The van der Waals surface area contributed by atoms with Crippen LogP contribution in [-0.4, -0.2) is 23.1 Å². The van der Waals surface area contributed by atoms with Crippen molar-refractivity contribution >= 4 is 12.4 Å². The van der Waals surface area contributed by atoms with Crippen LogP contribution in [0.15, 0.2) is 24.3 Å². The topological polar surface area (TPSA) is 63.6 Å². The highest BCUT2D eigenvalue weighted by Gasteiger charge is 2.44. The fraction of sp³-hybridized carbons (Fsp3) is 0.652. The molecule has 2 rings (SSSR count). The lowest BCUT2D eigenvalue weighted by Gasteiger charge is -2.18. The van der Waals surface area contributed by atoms with Gasteiger partial charge >= 0.3 is 5.97 Å². The smallest absolute Gasteiger partial charge is 0.309 e. The summed E-state index contributed by atoms with van der Waals surface area (Å²) in [6.45, 7) is 4.20. The number of carbonyl (C=O) groups excluding carboxylic acids is 1. The summed E-state index contributed by atoms with van der Waals surface area (Å²) in [4.78, 5) is 21.6. The fourth-order valence-electron chi connectivity index (χ4n) is 3.56. The zero-order valence-electron chi connectivity index (χ0n) is 16.8. The highest BCUT2D eigenvalue weighted by Crippen LogP contribution is 2.43. The Kier molecular flexibility index (Phi) is 7.88. The molecule has 0 unspecified atom stereocenters. The highest BCUT2D eigenvalue weighted by molar-refractivity contribution is 5.73. The van der Waals surface area contributed by atoms with E-state index in [4.69, 9.17) is 9.84 Å². The number of aryl methyl sites for hydroxylation is 2. The first-order valence-electron chi connectivity index (χ1n) is 10.3. The molecular formula is C23H34O4. The standard InChI is InChI=1S/C23H34O4/c1-22(2,21(25)26)13-6-3-4-9-19-11-8-12-20(17-19)10-5-7-14-23(15-16-23)27-18-24/h8,11-12,17-18H,3-7,9-10,13-16H2,1-2H3,(H,25,26). The number of hydrogen-bond donors (Lipinski definition) is 1. The molecular weight excluding hydrogens is 340 g/mol. The SMILES string of the molecule is CC(C)(CCCCCc1cccc(CCCCC2(OC=O)CC2)c1)C(=O)O. The molecule has 0 bridgehead atoms. The number of hydrogen-bond acceptors (Lipinski definition) is 3. The van der Waals surface area contributed by atoms with Gasteiger partial charge in [-0.2, -0.15) is 0 Å². The number of carbonyl (C=O) groups is 2. The van der Waals surface area contributed by atoms with Crippen LogP contribution in [0.25, 0.3) is 0 Å². The van der Waals surface area contributed by atoms with Crippen LogP contribution in [0.3, 0.4) is 0 Å². The summed E-state index contributed by atoms with van der Waals surface area (Å²) in [6.07, 6.45) is 11.2. The Morgan fingerprint density at radius 3 is 2.30 bits per heavy atom. The second kappa shape index (κ2) is 9.91. The quantitative estimate of drug-likeness (QED) is 0.354. The number of aliphatic carboxylic acids is 1. The minimum absolute atomic E-state index is 0.126. The second-order valence-corrected chi connectivity index (χ2v) is 8.67. The van der Waals surface area contributed by atoms with E-state index in [1.807, 2.05) is 0 Å². The van der Waals surface area contributed by atoms with Crippen molar-refractivity contribution in [2.45, 2.75) is 90.1 Å². The molecule has 4 heteroatoms. The highest BCUT2D eigenvalue weighted by atomic mass is 16.5. The van der Waals surface area contributed by atoms with Crippen molar-refractivity contribution in [1.82, 2.24) is 0 Å². The van der Waals surface area contributed by atoms with Crippen molar-refractivity contribution in [3.63, 3.8) is 0 Å². The van der Waals surface area contributed by atoms with Gasteiger partial charge in [0.25, 0.3) is 6.47 Å². The van der Waals surface area contributed by atoms with Gasteiger partial charge in [0.15, 0.2) is 0 Å². The Labute approximate surface area is 163 Å². The third kappa shape index (κ3) is 7.36.